The van der Waals surface area contributed by atoms with E-state index >= 15 is 0 Å². The fourth-order valence-corrected chi connectivity index (χ4v) is 3.59. The van der Waals surface area contributed by atoms with Crippen LogP contribution >= 0.6 is 35.7 Å². The molecular weight excluding hydrogens is 409 g/mol. The average Bonchev–Trinajstić information content (AvgIpc) is 2.34. The highest BCUT2D eigenvalue weighted by Crippen LogP contribution is 2.23. The minimum absolute atomic E-state index is 0. The zero-order chi connectivity index (χ0) is 14.7. The molecule has 8 heteroatoms. The lowest BCUT2D eigenvalue weighted by molar-refractivity contribution is 0.353. The van der Waals surface area contributed by atoms with Crippen LogP contribution in [0.5, 0.6) is 0 Å². The van der Waals surface area contributed by atoms with E-state index in [1.54, 1.807) is 32.7 Å². The molecule has 120 valence electrons. The first kappa shape index (κ1) is 20.3. The molecule has 0 amide bonds. The second-order valence-corrected chi connectivity index (χ2v) is 9.49. The van der Waals surface area contributed by atoms with Crippen molar-refractivity contribution in [2.75, 3.05) is 38.7 Å². The van der Waals surface area contributed by atoms with Crippen molar-refractivity contribution in [2.24, 2.45) is 4.99 Å². The number of nitrogens with zero attached hydrogens (tertiary/aromatic N) is 2. The molecule has 1 unspecified atom stereocenters. The molecule has 1 fully saturated rings. The Morgan fingerprint density at radius 3 is 2.55 bits per heavy atom. The summed E-state index contributed by atoms with van der Waals surface area (Å²) >= 11 is 1.79. The van der Waals surface area contributed by atoms with Gasteiger partial charge in [-0.15, -0.1) is 24.0 Å². The predicted molar refractivity (Wildman–Crippen MR) is 99.2 cm³/mol. The molecule has 1 atom stereocenters. The van der Waals surface area contributed by atoms with Crippen molar-refractivity contribution in [3.05, 3.63) is 0 Å². The third-order valence-corrected chi connectivity index (χ3v) is 7.01. The van der Waals surface area contributed by atoms with E-state index in [1.165, 1.54) is 0 Å². The summed E-state index contributed by atoms with van der Waals surface area (Å²) in [5.74, 6) is 0.988. The zero-order valence-electron chi connectivity index (χ0n) is 12.8. The lowest BCUT2D eigenvalue weighted by Crippen LogP contribution is -2.57. The van der Waals surface area contributed by atoms with Gasteiger partial charge in [0.15, 0.2) is 15.8 Å². The number of thioether (sulfide) groups is 1. The molecule has 1 heterocycles. The van der Waals surface area contributed by atoms with Crippen LogP contribution in [0.4, 0.5) is 0 Å². The van der Waals surface area contributed by atoms with Gasteiger partial charge in [0.05, 0.1) is 10.5 Å². The number of sulfone groups is 1. The SMILES string of the molecule is CN=C(NCC(C)SC)N1CCS(=O)(=O)C(C)(C)C1.I. The molecule has 20 heavy (non-hydrogen) atoms. The first-order valence-electron chi connectivity index (χ1n) is 6.44. The van der Waals surface area contributed by atoms with E-state index in [9.17, 15) is 8.42 Å². The maximum absolute atomic E-state index is 12.0. The van der Waals surface area contributed by atoms with E-state index in [-0.39, 0.29) is 29.7 Å². The summed E-state index contributed by atoms with van der Waals surface area (Å²) in [6.45, 7) is 7.55. The first-order chi connectivity index (χ1) is 8.73. The molecule has 0 aliphatic carbocycles. The summed E-state index contributed by atoms with van der Waals surface area (Å²) in [6, 6.07) is 0. The zero-order valence-corrected chi connectivity index (χ0v) is 16.8. The Balaban J connectivity index is 0.00000361. The topological polar surface area (TPSA) is 61.8 Å². The van der Waals surface area contributed by atoms with Gasteiger partial charge in [-0.05, 0) is 20.1 Å². The van der Waals surface area contributed by atoms with Gasteiger partial charge in [-0.1, -0.05) is 6.92 Å². The molecule has 1 N–H and O–H groups in total. The molecule has 0 bridgehead atoms. The van der Waals surface area contributed by atoms with Crippen molar-refractivity contribution in [3.8, 4) is 0 Å². The van der Waals surface area contributed by atoms with E-state index in [0.717, 1.165) is 12.5 Å². The molecule has 5 nitrogen and oxygen atoms in total. The molecule has 1 aliphatic heterocycles. The summed E-state index contributed by atoms with van der Waals surface area (Å²) in [4.78, 5) is 6.29. The van der Waals surface area contributed by atoms with E-state index in [2.05, 4.69) is 23.5 Å². The quantitative estimate of drug-likeness (QED) is 0.413. The fourth-order valence-electron chi connectivity index (χ4n) is 1.98. The second kappa shape index (κ2) is 8.07. The van der Waals surface area contributed by atoms with Gasteiger partial charge in [0, 0.05) is 31.9 Å². The molecule has 0 aromatic heterocycles. The van der Waals surface area contributed by atoms with Gasteiger partial charge >= 0.3 is 0 Å². The first-order valence-corrected chi connectivity index (χ1v) is 9.38. The molecule has 1 aliphatic rings. The van der Waals surface area contributed by atoms with Gasteiger partial charge in [-0.2, -0.15) is 11.8 Å². The molecule has 1 rings (SSSR count). The number of nitrogens with one attached hydrogen (secondary N) is 1. The number of halogens is 1. The Morgan fingerprint density at radius 2 is 2.10 bits per heavy atom. The van der Waals surface area contributed by atoms with Gasteiger partial charge in [0.25, 0.3) is 0 Å². The summed E-state index contributed by atoms with van der Waals surface area (Å²) < 4.78 is 23.2. The molecule has 0 aromatic rings. The van der Waals surface area contributed by atoms with Crippen LogP contribution in [-0.2, 0) is 9.84 Å². The highest BCUT2D eigenvalue weighted by atomic mass is 127. The van der Waals surface area contributed by atoms with Gasteiger partial charge < -0.3 is 10.2 Å². The number of hydrogen-bond acceptors (Lipinski definition) is 4. The molecule has 0 saturated carbocycles. The van der Waals surface area contributed by atoms with Crippen LogP contribution in [0.1, 0.15) is 20.8 Å². The molecule has 1 saturated heterocycles. The van der Waals surface area contributed by atoms with Crippen molar-refractivity contribution in [2.45, 2.75) is 30.8 Å². The largest absolute Gasteiger partial charge is 0.355 e. The van der Waals surface area contributed by atoms with Crippen LogP contribution in [0.3, 0.4) is 0 Å². The Hall–Kier alpha value is 0.300. The maximum atomic E-state index is 12.0. The van der Waals surface area contributed by atoms with Crippen molar-refractivity contribution in [1.82, 2.24) is 10.2 Å². The molecule has 0 spiro atoms. The van der Waals surface area contributed by atoms with E-state index in [1.807, 2.05) is 4.90 Å². The van der Waals surface area contributed by atoms with E-state index in [0.29, 0.717) is 18.3 Å². The summed E-state index contributed by atoms with van der Waals surface area (Å²) in [7, 11) is -1.26. The summed E-state index contributed by atoms with van der Waals surface area (Å²) in [5.41, 5.74) is 0. The average molecular weight is 435 g/mol. The number of hydrogen-bond donors (Lipinski definition) is 1. The minimum Gasteiger partial charge on any atom is -0.355 e. The minimum atomic E-state index is -3.00. The molecular formula is C12H26IN3O2S2. The van der Waals surface area contributed by atoms with E-state index < -0.39 is 14.6 Å². The van der Waals surface area contributed by atoms with Crippen molar-refractivity contribution in [3.63, 3.8) is 0 Å². The standard InChI is InChI=1S/C12H25N3O2S2.HI/c1-10(18-5)8-14-11(13-4)15-6-7-19(16,17)12(2,3)9-15;/h10H,6-9H2,1-5H3,(H,13,14);1H. The van der Waals surface area contributed by atoms with Gasteiger partial charge in [0.1, 0.15) is 0 Å². The highest BCUT2D eigenvalue weighted by Gasteiger charge is 2.40. The van der Waals surface area contributed by atoms with Crippen molar-refractivity contribution in [1.29, 1.82) is 0 Å². The number of aliphatic imine (C=N–C) groups is 1. The van der Waals surface area contributed by atoms with Crippen LogP contribution in [0.15, 0.2) is 4.99 Å². The fraction of sp³-hybridized carbons (Fsp3) is 0.917. The third-order valence-electron chi connectivity index (χ3n) is 3.50. The monoisotopic (exact) mass is 435 g/mol. The second-order valence-electron chi connectivity index (χ2n) is 5.47. The summed E-state index contributed by atoms with van der Waals surface area (Å²) in [5, 5.41) is 3.81. The lowest BCUT2D eigenvalue weighted by atomic mass is 10.2. The maximum Gasteiger partial charge on any atom is 0.193 e. The van der Waals surface area contributed by atoms with Crippen molar-refractivity contribution < 1.29 is 8.42 Å². The van der Waals surface area contributed by atoms with Crippen LogP contribution in [-0.4, -0.2) is 68.0 Å². The van der Waals surface area contributed by atoms with Crippen LogP contribution < -0.4 is 5.32 Å². The van der Waals surface area contributed by atoms with Gasteiger partial charge in [-0.25, -0.2) is 8.42 Å². The lowest BCUT2D eigenvalue weighted by Gasteiger charge is -2.39. The summed E-state index contributed by atoms with van der Waals surface area (Å²) in [6.07, 6.45) is 2.08. The van der Waals surface area contributed by atoms with Crippen LogP contribution in [0, 0.1) is 0 Å². The van der Waals surface area contributed by atoms with Crippen LogP contribution in [0.25, 0.3) is 0 Å². The van der Waals surface area contributed by atoms with Gasteiger partial charge in [-0.3, -0.25) is 4.99 Å². The van der Waals surface area contributed by atoms with E-state index in [4.69, 9.17) is 0 Å². The van der Waals surface area contributed by atoms with Crippen molar-refractivity contribution >= 4 is 51.5 Å². The van der Waals surface area contributed by atoms with Gasteiger partial charge in [0.2, 0.25) is 0 Å². The Kier molecular flexibility index (Phi) is 8.19. The highest BCUT2D eigenvalue weighted by molar-refractivity contribution is 14.0. The third kappa shape index (κ3) is 4.94. The molecule has 0 aromatic carbocycles. The Morgan fingerprint density at radius 1 is 1.50 bits per heavy atom. The number of guanidine groups is 1. The normalized spacial score (nSPS) is 22.9. The Labute approximate surface area is 144 Å². The smallest absolute Gasteiger partial charge is 0.193 e. The number of rotatable bonds is 3. The Bertz CT molecular complexity index is 438. The molecule has 0 radical (unpaired) electrons. The van der Waals surface area contributed by atoms with Crippen LogP contribution in [0.2, 0.25) is 0 Å². The predicted octanol–water partition coefficient (Wildman–Crippen LogP) is 1.44.